The summed E-state index contributed by atoms with van der Waals surface area (Å²) in [4.78, 5) is 5.60. The highest BCUT2D eigenvalue weighted by molar-refractivity contribution is 5.29. The van der Waals surface area contributed by atoms with Gasteiger partial charge in [0.25, 0.3) is 11.8 Å². The Balaban J connectivity index is 2.02. The molecule has 0 aromatic carbocycles. The molecule has 0 atom stereocenters. The second kappa shape index (κ2) is 4.56. The lowest BCUT2D eigenvalue weighted by Gasteiger charge is -2.30. The fraction of sp³-hybridized carbons (Fsp3) is 0.800. The summed E-state index contributed by atoms with van der Waals surface area (Å²) in [6.07, 6.45) is 1.89. The van der Waals surface area contributed by atoms with Crippen LogP contribution in [0.4, 0.5) is 14.7 Å². The quantitative estimate of drug-likeness (QED) is 0.873. The maximum absolute atomic E-state index is 12.9. The molecule has 2 heterocycles. The van der Waals surface area contributed by atoms with E-state index < -0.39 is 11.8 Å². The maximum atomic E-state index is 12.9. The number of nitrogens with one attached hydrogen (secondary N) is 1. The molecule has 0 bridgehead atoms. The summed E-state index contributed by atoms with van der Waals surface area (Å²) in [6, 6.07) is 0.477. The number of hydrogen-bond donors (Lipinski definition) is 1. The predicted octanol–water partition coefficient (Wildman–Crippen LogP) is 1.37. The Morgan fingerprint density at radius 3 is 2.53 bits per heavy atom. The van der Waals surface area contributed by atoms with Gasteiger partial charge >= 0.3 is 5.92 Å². The largest absolute Gasteiger partial charge is 0.338 e. The van der Waals surface area contributed by atoms with Gasteiger partial charge in [-0.3, -0.25) is 0 Å². The van der Waals surface area contributed by atoms with Crippen molar-refractivity contribution in [3.8, 4) is 0 Å². The SMILES string of the molecule is CNC1CCN(c2noc(C(C)(F)F)n2)CC1. The molecule has 96 valence electrons. The van der Waals surface area contributed by atoms with E-state index in [4.69, 9.17) is 0 Å². The molecule has 0 radical (unpaired) electrons. The van der Waals surface area contributed by atoms with Crippen LogP contribution in [0.5, 0.6) is 0 Å². The Hall–Kier alpha value is -1.24. The summed E-state index contributed by atoms with van der Waals surface area (Å²) in [5, 5.41) is 6.79. The first-order valence-corrected chi connectivity index (χ1v) is 5.65. The summed E-state index contributed by atoms with van der Waals surface area (Å²) in [5.74, 6) is -3.44. The molecule has 0 spiro atoms. The van der Waals surface area contributed by atoms with Gasteiger partial charge in [-0.2, -0.15) is 13.8 Å². The maximum Gasteiger partial charge on any atom is 0.322 e. The standard InChI is InChI=1S/C10H16F2N4O/c1-10(11,12)8-14-9(15-17-8)16-5-3-7(13-2)4-6-16/h7,13H,3-6H2,1-2H3. The fourth-order valence-corrected chi connectivity index (χ4v) is 1.89. The molecule has 2 rings (SSSR count). The van der Waals surface area contributed by atoms with Crippen LogP contribution < -0.4 is 10.2 Å². The Bertz CT molecular complexity index is 369. The van der Waals surface area contributed by atoms with Crippen molar-refractivity contribution < 1.29 is 13.3 Å². The monoisotopic (exact) mass is 246 g/mol. The molecule has 1 fully saturated rings. The van der Waals surface area contributed by atoms with Gasteiger partial charge in [0.15, 0.2) is 0 Å². The normalized spacial score (nSPS) is 18.7. The van der Waals surface area contributed by atoms with Crippen molar-refractivity contribution in [2.75, 3.05) is 25.0 Å². The van der Waals surface area contributed by atoms with Crippen molar-refractivity contribution in [2.24, 2.45) is 0 Å². The smallest absolute Gasteiger partial charge is 0.322 e. The number of aromatic nitrogens is 2. The Labute approximate surface area is 98.2 Å². The Morgan fingerprint density at radius 1 is 1.41 bits per heavy atom. The zero-order chi connectivity index (χ0) is 12.5. The van der Waals surface area contributed by atoms with Crippen LogP contribution in [0.25, 0.3) is 0 Å². The molecule has 1 aromatic heterocycles. The van der Waals surface area contributed by atoms with E-state index >= 15 is 0 Å². The molecule has 0 aliphatic carbocycles. The number of nitrogens with zero attached hydrogens (tertiary/aromatic N) is 3. The van der Waals surface area contributed by atoms with Crippen molar-refractivity contribution in [3.63, 3.8) is 0 Å². The molecule has 0 unspecified atom stereocenters. The summed E-state index contributed by atoms with van der Waals surface area (Å²) >= 11 is 0. The lowest BCUT2D eigenvalue weighted by atomic mass is 10.1. The third-order valence-electron chi connectivity index (χ3n) is 2.98. The number of hydrogen-bond acceptors (Lipinski definition) is 5. The minimum Gasteiger partial charge on any atom is -0.338 e. The highest BCUT2D eigenvalue weighted by atomic mass is 19.3. The van der Waals surface area contributed by atoms with E-state index in [1.54, 1.807) is 0 Å². The average Bonchev–Trinajstić information content (AvgIpc) is 2.78. The molecule has 1 N–H and O–H groups in total. The highest BCUT2D eigenvalue weighted by Crippen LogP contribution is 2.27. The molecule has 1 aliphatic rings. The van der Waals surface area contributed by atoms with E-state index in [1.165, 1.54) is 0 Å². The minimum absolute atomic E-state index is 0.260. The van der Waals surface area contributed by atoms with Crippen LogP contribution >= 0.6 is 0 Å². The van der Waals surface area contributed by atoms with Crippen molar-refractivity contribution in [1.82, 2.24) is 15.5 Å². The van der Waals surface area contributed by atoms with Gasteiger partial charge in [-0.1, -0.05) is 0 Å². The van der Waals surface area contributed by atoms with Crippen LogP contribution in [-0.4, -0.2) is 36.3 Å². The van der Waals surface area contributed by atoms with Gasteiger partial charge in [0, 0.05) is 26.1 Å². The van der Waals surface area contributed by atoms with Crippen LogP contribution in [0, 0.1) is 0 Å². The van der Waals surface area contributed by atoms with E-state index in [9.17, 15) is 8.78 Å². The van der Waals surface area contributed by atoms with Gasteiger partial charge in [-0.05, 0) is 25.0 Å². The topological polar surface area (TPSA) is 54.2 Å². The van der Waals surface area contributed by atoms with Crippen molar-refractivity contribution in [3.05, 3.63) is 5.89 Å². The molecular formula is C10H16F2N4O. The summed E-state index contributed by atoms with van der Waals surface area (Å²) in [6.45, 7) is 2.25. The van der Waals surface area contributed by atoms with Gasteiger partial charge in [0.1, 0.15) is 0 Å². The minimum atomic E-state index is -3.07. The molecular weight excluding hydrogens is 230 g/mol. The van der Waals surface area contributed by atoms with E-state index in [0.29, 0.717) is 6.04 Å². The van der Waals surface area contributed by atoms with Gasteiger partial charge in [0.2, 0.25) is 0 Å². The Kier molecular flexibility index (Phi) is 3.28. The molecule has 17 heavy (non-hydrogen) atoms. The lowest BCUT2D eigenvalue weighted by Crippen LogP contribution is -2.41. The van der Waals surface area contributed by atoms with Crippen LogP contribution in [-0.2, 0) is 5.92 Å². The Morgan fingerprint density at radius 2 is 2.06 bits per heavy atom. The molecule has 1 saturated heterocycles. The van der Waals surface area contributed by atoms with E-state index in [2.05, 4.69) is 20.0 Å². The van der Waals surface area contributed by atoms with Crippen LogP contribution in [0.1, 0.15) is 25.7 Å². The van der Waals surface area contributed by atoms with E-state index in [0.717, 1.165) is 32.9 Å². The highest BCUT2D eigenvalue weighted by Gasteiger charge is 2.33. The molecule has 7 heteroatoms. The summed E-state index contributed by atoms with van der Waals surface area (Å²) in [5.41, 5.74) is 0. The molecule has 0 amide bonds. The van der Waals surface area contributed by atoms with Gasteiger partial charge < -0.3 is 14.7 Å². The number of piperidine rings is 1. The number of alkyl halides is 2. The number of halogens is 2. The number of rotatable bonds is 3. The second-order valence-corrected chi connectivity index (χ2v) is 4.34. The molecule has 1 aliphatic heterocycles. The van der Waals surface area contributed by atoms with Crippen LogP contribution in [0.2, 0.25) is 0 Å². The third kappa shape index (κ3) is 2.71. The zero-order valence-corrected chi connectivity index (χ0v) is 9.91. The third-order valence-corrected chi connectivity index (χ3v) is 2.98. The first kappa shape index (κ1) is 12.2. The molecule has 5 nitrogen and oxygen atoms in total. The summed E-state index contributed by atoms with van der Waals surface area (Å²) < 4.78 is 30.4. The first-order chi connectivity index (χ1) is 8.00. The zero-order valence-electron chi connectivity index (χ0n) is 9.91. The fourth-order valence-electron chi connectivity index (χ4n) is 1.89. The predicted molar refractivity (Wildman–Crippen MR) is 58.2 cm³/mol. The van der Waals surface area contributed by atoms with Crippen LogP contribution in [0.3, 0.4) is 0 Å². The van der Waals surface area contributed by atoms with Gasteiger partial charge in [0.05, 0.1) is 0 Å². The molecule has 1 aromatic rings. The summed E-state index contributed by atoms with van der Waals surface area (Å²) in [7, 11) is 1.92. The van der Waals surface area contributed by atoms with E-state index in [-0.39, 0.29) is 5.95 Å². The van der Waals surface area contributed by atoms with E-state index in [1.807, 2.05) is 11.9 Å². The van der Waals surface area contributed by atoms with Gasteiger partial charge in [-0.25, -0.2) is 0 Å². The van der Waals surface area contributed by atoms with Crippen molar-refractivity contribution in [2.45, 2.75) is 31.7 Å². The van der Waals surface area contributed by atoms with Crippen LogP contribution in [0.15, 0.2) is 4.52 Å². The van der Waals surface area contributed by atoms with Crippen molar-refractivity contribution in [1.29, 1.82) is 0 Å². The lowest BCUT2D eigenvalue weighted by molar-refractivity contribution is -0.0158. The second-order valence-electron chi connectivity index (χ2n) is 4.34. The molecule has 0 saturated carbocycles. The number of anilines is 1. The van der Waals surface area contributed by atoms with Gasteiger partial charge in [-0.15, -0.1) is 0 Å². The first-order valence-electron chi connectivity index (χ1n) is 5.65. The average molecular weight is 246 g/mol. The van der Waals surface area contributed by atoms with Crippen molar-refractivity contribution >= 4 is 5.95 Å².